The number of amides is 1. The van der Waals surface area contributed by atoms with Crippen molar-refractivity contribution in [3.05, 3.63) is 34.7 Å². The number of halogens is 1. The van der Waals surface area contributed by atoms with Gasteiger partial charge in [-0.25, -0.2) is 4.98 Å². The Hall–Kier alpha value is -1.39. The summed E-state index contributed by atoms with van der Waals surface area (Å²) in [6.45, 7) is 4.63. The molecular weight excluding hydrogens is 292 g/mol. The summed E-state index contributed by atoms with van der Waals surface area (Å²) in [7, 11) is 0. The number of thiazole rings is 1. The van der Waals surface area contributed by atoms with Crippen molar-refractivity contribution >= 4 is 34.0 Å². The Kier molecular flexibility index (Phi) is 5.15. The fourth-order valence-corrected chi connectivity index (χ4v) is 2.98. The first-order chi connectivity index (χ1) is 9.65. The quantitative estimate of drug-likeness (QED) is 0.807. The molecule has 0 saturated heterocycles. The lowest BCUT2D eigenvalue weighted by Gasteiger charge is -2.17. The van der Waals surface area contributed by atoms with Gasteiger partial charge in [0.1, 0.15) is 0 Å². The van der Waals surface area contributed by atoms with E-state index in [9.17, 15) is 4.79 Å². The number of carbonyl (C=O) groups is 1. The molecule has 5 heteroatoms. The van der Waals surface area contributed by atoms with Crippen LogP contribution in [-0.4, -0.2) is 17.4 Å². The second-order valence-corrected chi connectivity index (χ2v) is 5.70. The van der Waals surface area contributed by atoms with Gasteiger partial charge >= 0.3 is 0 Å². The maximum absolute atomic E-state index is 12.0. The number of nitrogens with zero attached hydrogens (tertiary/aromatic N) is 2. The summed E-state index contributed by atoms with van der Waals surface area (Å²) in [5.74, 6) is 0.110. The molecule has 1 aromatic heterocycles. The minimum absolute atomic E-state index is 0.110. The van der Waals surface area contributed by atoms with Crippen LogP contribution in [0.3, 0.4) is 0 Å². The monoisotopic (exact) mass is 308 g/mol. The van der Waals surface area contributed by atoms with Crippen LogP contribution in [0, 0.1) is 0 Å². The van der Waals surface area contributed by atoms with Gasteiger partial charge in [0.15, 0.2) is 5.13 Å². The van der Waals surface area contributed by atoms with Crippen molar-refractivity contribution in [3.63, 3.8) is 0 Å². The number of benzene rings is 1. The lowest BCUT2D eigenvalue weighted by molar-refractivity contribution is -0.118. The minimum Gasteiger partial charge on any atom is -0.288 e. The second-order valence-electron chi connectivity index (χ2n) is 4.42. The van der Waals surface area contributed by atoms with Crippen LogP contribution in [0.25, 0.3) is 11.3 Å². The number of carbonyl (C=O) groups excluding carboxylic acids is 1. The highest BCUT2D eigenvalue weighted by atomic mass is 35.5. The summed E-state index contributed by atoms with van der Waals surface area (Å²) in [6, 6.07) is 7.59. The summed E-state index contributed by atoms with van der Waals surface area (Å²) in [5.41, 5.74) is 1.83. The van der Waals surface area contributed by atoms with Crippen LogP contribution in [0.4, 0.5) is 5.13 Å². The molecule has 0 spiro atoms. The summed E-state index contributed by atoms with van der Waals surface area (Å²) in [4.78, 5) is 18.3. The SMILES string of the molecule is CCCN(C(=O)CC)c1nc(-c2cccc(Cl)c2)cs1. The van der Waals surface area contributed by atoms with Crippen molar-refractivity contribution in [1.29, 1.82) is 0 Å². The van der Waals surface area contributed by atoms with Gasteiger partial charge in [0.05, 0.1) is 5.69 Å². The Bertz CT molecular complexity index is 597. The lowest BCUT2D eigenvalue weighted by atomic mass is 10.2. The molecule has 0 aliphatic carbocycles. The highest BCUT2D eigenvalue weighted by Crippen LogP contribution is 2.29. The van der Waals surface area contributed by atoms with Gasteiger partial charge < -0.3 is 0 Å². The van der Waals surface area contributed by atoms with E-state index in [4.69, 9.17) is 11.6 Å². The van der Waals surface area contributed by atoms with Gasteiger partial charge in [0.2, 0.25) is 5.91 Å². The Balaban J connectivity index is 2.29. The second kappa shape index (κ2) is 6.86. The maximum Gasteiger partial charge on any atom is 0.228 e. The molecule has 0 aliphatic heterocycles. The van der Waals surface area contributed by atoms with Gasteiger partial charge in [-0.1, -0.05) is 37.6 Å². The highest BCUT2D eigenvalue weighted by molar-refractivity contribution is 7.14. The number of hydrogen-bond acceptors (Lipinski definition) is 3. The van der Waals surface area contributed by atoms with Crippen LogP contribution in [0.15, 0.2) is 29.6 Å². The number of aromatic nitrogens is 1. The molecule has 106 valence electrons. The van der Waals surface area contributed by atoms with Crippen molar-refractivity contribution < 1.29 is 4.79 Å². The third kappa shape index (κ3) is 3.38. The van der Waals surface area contributed by atoms with Crippen molar-refractivity contribution in [1.82, 2.24) is 4.98 Å². The topological polar surface area (TPSA) is 33.2 Å². The summed E-state index contributed by atoms with van der Waals surface area (Å²) in [5, 5.41) is 3.41. The fourth-order valence-electron chi connectivity index (χ4n) is 1.91. The minimum atomic E-state index is 0.110. The first kappa shape index (κ1) is 15.0. The molecule has 1 heterocycles. The van der Waals surface area contributed by atoms with Crippen LogP contribution < -0.4 is 4.90 Å². The zero-order valence-electron chi connectivity index (χ0n) is 11.6. The molecule has 2 rings (SSSR count). The number of anilines is 1. The first-order valence-corrected chi connectivity index (χ1v) is 7.93. The first-order valence-electron chi connectivity index (χ1n) is 6.67. The van der Waals surface area contributed by atoms with Gasteiger partial charge in [-0.15, -0.1) is 11.3 Å². The fraction of sp³-hybridized carbons (Fsp3) is 0.333. The Morgan fingerprint density at radius 1 is 1.40 bits per heavy atom. The van der Waals surface area contributed by atoms with E-state index < -0.39 is 0 Å². The lowest BCUT2D eigenvalue weighted by Crippen LogP contribution is -2.30. The number of rotatable bonds is 5. The van der Waals surface area contributed by atoms with Gasteiger partial charge in [-0.05, 0) is 18.6 Å². The van der Waals surface area contributed by atoms with Crippen molar-refractivity contribution in [3.8, 4) is 11.3 Å². The van der Waals surface area contributed by atoms with E-state index in [2.05, 4.69) is 11.9 Å². The molecule has 3 nitrogen and oxygen atoms in total. The summed E-state index contributed by atoms with van der Waals surface area (Å²) in [6.07, 6.45) is 1.41. The molecule has 0 radical (unpaired) electrons. The van der Waals surface area contributed by atoms with Gasteiger partial charge in [0, 0.05) is 28.9 Å². The van der Waals surface area contributed by atoms with Crippen LogP contribution in [0.5, 0.6) is 0 Å². The normalized spacial score (nSPS) is 10.6. The van der Waals surface area contributed by atoms with Crippen molar-refractivity contribution in [2.75, 3.05) is 11.4 Å². The van der Waals surface area contributed by atoms with Crippen LogP contribution in [0.1, 0.15) is 26.7 Å². The number of hydrogen-bond donors (Lipinski definition) is 0. The maximum atomic E-state index is 12.0. The van der Waals surface area contributed by atoms with E-state index in [1.54, 1.807) is 4.90 Å². The molecule has 0 aliphatic rings. The van der Waals surface area contributed by atoms with E-state index in [0.29, 0.717) is 18.0 Å². The van der Waals surface area contributed by atoms with E-state index in [-0.39, 0.29) is 5.91 Å². The average molecular weight is 309 g/mol. The van der Waals surface area contributed by atoms with Crippen LogP contribution in [0.2, 0.25) is 5.02 Å². The Morgan fingerprint density at radius 3 is 2.85 bits per heavy atom. The zero-order valence-corrected chi connectivity index (χ0v) is 13.2. The summed E-state index contributed by atoms with van der Waals surface area (Å²) >= 11 is 7.49. The molecule has 0 N–H and O–H groups in total. The molecule has 20 heavy (non-hydrogen) atoms. The molecule has 0 saturated carbocycles. The van der Waals surface area contributed by atoms with Crippen LogP contribution >= 0.6 is 22.9 Å². The zero-order chi connectivity index (χ0) is 14.5. The molecule has 1 amide bonds. The van der Waals surface area contributed by atoms with E-state index in [1.165, 1.54) is 11.3 Å². The smallest absolute Gasteiger partial charge is 0.228 e. The van der Waals surface area contributed by atoms with E-state index in [1.807, 2.05) is 36.6 Å². The molecule has 2 aromatic rings. The van der Waals surface area contributed by atoms with Crippen LogP contribution in [-0.2, 0) is 4.79 Å². The molecular formula is C15H17ClN2OS. The van der Waals surface area contributed by atoms with Gasteiger partial charge in [-0.3, -0.25) is 9.69 Å². The molecule has 0 bridgehead atoms. The van der Waals surface area contributed by atoms with Gasteiger partial charge in [-0.2, -0.15) is 0 Å². The van der Waals surface area contributed by atoms with Gasteiger partial charge in [0.25, 0.3) is 0 Å². The molecule has 0 unspecified atom stereocenters. The van der Waals surface area contributed by atoms with E-state index in [0.717, 1.165) is 22.8 Å². The largest absolute Gasteiger partial charge is 0.288 e. The average Bonchev–Trinajstić information content (AvgIpc) is 2.93. The Labute approximate surface area is 128 Å². The predicted octanol–water partition coefficient (Wildman–Crippen LogP) is 4.62. The molecule has 0 atom stereocenters. The van der Waals surface area contributed by atoms with E-state index >= 15 is 0 Å². The third-order valence-corrected chi connectivity index (χ3v) is 3.99. The molecule has 0 fully saturated rings. The molecule has 1 aromatic carbocycles. The third-order valence-electron chi connectivity index (χ3n) is 2.89. The Morgan fingerprint density at radius 2 is 2.20 bits per heavy atom. The summed E-state index contributed by atoms with van der Waals surface area (Å²) < 4.78 is 0. The van der Waals surface area contributed by atoms with Crippen molar-refractivity contribution in [2.24, 2.45) is 0 Å². The predicted molar refractivity (Wildman–Crippen MR) is 85.5 cm³/mol. The standard InChI is InChI=1S/C15H17ClN2OS/c1-3-8-18(14(19)4-2)15-17-13(10-20-15)11-6-5-7-12(16)9-11/h5-7,9-10H,3-4,8H2,1-2H3. The van der Waals surface area contributed by atoms with Crippen molar-refractivity contribution in [2.45, 2.75) is 26.7 Å². The highest BCUT2D eigenvalue weighted by Gasteiger charge is 2.17.